The molecule has 2 nitrogen and oxygen atoms in total. The van der Waals surface area contributed by atoms with Gasteiger partial charge in [-0.2, -0.15) is 0 Å². The molecule has 0 heterocycles. The molecule has 0 fully saturated rings. The number of rotatable bonds is 3. The molecule has 2 aromatic carbocycles. The van der Waals surface area contributed by atoms with Gasteiger partial charge in [0.05, 0.1) is 16.4 Å². The second-order valence-corrected chi connectivity index (χ2v) is 4.78. The molecule has 0 aliphatic heterocycles. The molecule has 0 saturated carbocycles. The maximum absolute atomic E-state index is 13.8. The van der Waals surface area contributed by atoms with Crippen LogP contribution in [0.15, 0.2) is 30.3 Å². The van der Waals surface area contributed by atoms with E-state index in [1.807, 2.05) is 0 Å². The Labute approximate surface area is 123 Å². The fourth-order valence-electron chi connectivity index (χ4n) is 1.57. The summed E-state index contributed by atoms with van der Waals surface area (Å²) in [6.45, 7) is 0. The van der Waals surface area contributed by atoms with E-state index in [1.165, 1.54) is 12.1 Å². The van der Waals surface area contributed by atoms with Gasteiger partial charge in [-0.3, -0.25) is 0 Å². The molecular formula is C13H8ClF3N2S. The van der Waals surface area contributed by atoms with Crippen molar-refractivity contribution in [1.29, 1.82) is 0 Å². The van der Waals surface area contributed by atoms with Crippen LogP contribution in [0.5, 0.6) is 0 Å². The van der Waals surface area contributed by atoms with Crippen LogP contribution in [0.25, 0.3) is 0 Å². The molecule has 0 atom stereocenters. The van der Waals surface area contributed by atoms with Gasteiger partial charge in [-0.15, -0.1) is 0 Å². The van der Waals surface area contributed by atoms with Crippen molar-refractivity contribution in [3.63, 3.8) is 0 Å². The SMILES string of the molecule is NC(=S)c1ccc(Nc2c(F)cc(F)cc2Cl)c(F)c1. The maximum Gasteiger partial charge on any atom is 0.151 e. The zero-order valence-corrected chi connectivity index (χ0v) is 11.5. The van der Waals surface area contributed by atoms with Crippen LogP contribution in [-0.4, -0.2) is 4.99 Å². The van der Waals surface area contributed by atoms with Crippen LogP contribution in [-0.2, 0) is 0 Å². The van der Waals surface area contributed by atoms with E-state index in [1.54, 1.807) is 0 Å². The van der Waals surface area contributed by atoms with Crippen LogP contribution < -0.4 is 11.1 Å². The third kappa shape index (κ3) is 3.02. The highest BCUT2D eigenvalue weighted by molar-refractivity contribution is 7.80. The molecule has 20 heavy (non-hydrogen) atoms. The third-order valence-corrected chi connectivity index (χ3v) is 3.05. The number of hydrogen-bond donors (Lipinski definition) is 2. The van der Waals surface area contributed by atoms with E-state index >= 15 is 0 Å². The Kier molecular flexibility index (Phi) is 4.15. The van der Waals surface area contributed by atoms with E-state index in [2.05, 4.69) is 5.32 Å². The van der Waals surface area contributed by atoms with E-state index in [9.17, 15) is 13.2 Å². The molecule has 0 radical (unpaired) electrons. The summed E-state index contributed by atoms with van der Waals surface area (Å²) in [7, 11) is 0. The van der Waals surface area contributed by atoms with Gasteiger partial charge in [0.2, 0.25) is 0 Å². The van der Waals surface area contributed by atoms with Crippen LogP contribution >= 0.6 is 23.8 Å². The molecule has 2 rings (SSSR count). The van der Waals surface area contributed by atoms with Gasteiger partial charge < -0.3 is 11.1 Å². The summed E-state index contributed by atoms with van der Waals surface area (Å²) in [5, 5.41) is 2.28. The fourth-order valence-corrected chi connectivity index (χ4v) is 1.93. The first-order valence-corrected chi connectivity index (χ1v) is 6.18. The molecule has 0 aromatic heterocycles. The van der Waals surface area contributed by atoms with Crippen molar-refractivity contribution in [1.82, 2.24) is 0 Å². The van der Waals surface area contributed by atoms with Crippen molar-refractivity contribution < 1.29 is 13.2 Å². The average Bonchev–Trinajstić information content (AvgIpc) is 2.34. The van der Waals surface area contributed by atoms with Crippen molar-refractivity contribution in [3.8, 4) is 0 Å². The predicted molar refractivity (Wildman–Crippen MR) is 76.9 cm³/mol. The number of halogens is 4. The first kappa shape index (κ1) is 14.6. The number of thiocarbonyl (C=S) groups is 1. The lowest BCUT2D eigenvalue weighted by Crippen LogP contribution is -2.10. The minimum atomic E-state index is -0.923. The highest BCUT2D eigenvalue weighted by atomic mass is 35.5. The van der Waals surface area contributed by atoms with Crippen LogP contribution in [0.4, 0.5) is 24.5 Å². The second kappa shape index (κ2) is 5.68. The molecule has 2 aromatic rings. The van der Waals surface area contributed by atoms with Gasteiger partial charge in [0.1, 0.15) is 16.6 Å². The van der Waals surface area contributed by atoms with Gasteiger partial charge in [0.25, 0.3) is 0 Å². The predicted octanol–water partition coefficient (Wildman–Crippen LogP) is 4.14. The Balaban J connectivity index is 2.38. The molecule has 0 amide bonds. The zero-order chi connectivity index (χ0) is 14.9. The monoisotopic (exact) mass is 316 g/mol. The highest BCUT2D eigenvalue weighted by Crippen LogP contribution is 2.30. The van der Waals surface area contributed by atoms with Gasteiger partial charge in [0.15, 0.2) is 5.82 Å². The second-order valence-electron chi connectivity index (χ2n) is 3.93. The molecule has 0 aliphatic carbocycles. The first-order valence-electron chi connectivity index (χ1n) is 5.39. The Bertz CT molecular complexity index is 668. The summed E-state index contributed by atoms with van der Waals surface area (Å²) < 4.78 is 40.3. The van der Waals surface area contributed by atoms with Gasteiger partial charge in [0, 0.05) is 11.6 Å². The van der Waals surface area contributed by atoms with Crippen molar-refractivity contribution in [3.05, 3.63) is 58.4 Å². The van der Waals surface area contributed by atoms with Gasteiger partial charge in [-0.25, -0.2) is 13.2 Å². The lowest BCUT2D eigenvalue weighted by atomic mass is 10.2. The van der Waals surface area contributed by atoms with Crippen molar-refractivity contribution in [2.24, 2.45) is 5.73 Å². The molecule has 7 heteroatoms. The lowest BCUT2D eigenvalue weighted by Gasteiger charge is -2.11. The van der Waals surface area contributed by atoms with Crippen molar-refractivity contribution in [2.45, 2.75) is 0 Å². The average molecular weight is 317 g/mol. The summed E-state index contributed by atoms with van der Waals surface area (Å²) in [4.78, 5) is 0.0430. The van der Waals surface area contributed by atoms with E-state index in [0.717, 1.165) is 12.1 Å². The molecule has 0 bridgehead atoms. The van der Waals surface area contributed by atoms with Gasteiger partial charge in [-0.1, -0.05) is 23.8 Å². The minimum Gasteiger partial charge on any atom is -0.389 e. The summed E-state index contributed by atoms with van der Waals surface area (Å²) in [6.07, 6.45) is 0. The Hall–Kier alpha value is -1.79. The smallest absolute Gasteiger partial charge is 0.151 e. The quantitative estimate of drug-likeness (QED) is 0.836. The normalized spacial score (nSPS) is 10.4. The molecule has 0 saturated heterocycles. The largest absolute Gasteiger partial charge is 0.389 e. The first-order chi connectivity index (χ1) is 9.38. The van der Waals surface area contributed by atoms with E-state index in [4.69, 9.17) is 29.6 Å². The van der Waals surface area contributed by atoms with Crippen molar-refractivity contribution >= 4 is 40.2 Å². The van der Waals surface area contributed by atoms with E-state index in [0.29, 0.717) is 11.6 Å². The highest BCUT2D eigenvalue weighted by Gasteiger charge is 2.13. The number of nitrogens with two attached hydrogens (primary N) is 1. The van der Waals surface area contributed by atoms with Crippen LogP contribution in [0, 0.1) is 17.5 Å². The summed E-state index contributed by atoms with van der Waals surface area (Å²) in [5.41, 5.74) is 5.47. The summed E-state index contributed by atoms with van der Waals surface area (Å²) in [6, 6.07) is 5.50. The lowest BCUT2D eigenvalue weighted by molar-refractivity contribution is 0.585. The Morgan fingerprint density at radius 3 is 2.35 bits per heavy atom. The number of hydrogen-bond acceptors (Lipinski definition) is 2. The van der Waals surface area contributed by atoms with Gasteiger partial charge >= 0.3 is 0 Å². The molecule has 0 aliphatic rings. The Morgan fingerprint density at radius 1 is 1.10 bits per heavy atom. The Morgan fingerprint density at radius 2 is 1.80 bits per heavy atom. The number of benzene rings is 2. The van der Waals surface area contributed by atoms with E-state index in [-0.39, 0.29) is 21.4 Å². The maximum atomic E-state index is 13.8. The molecular weight excluding hydrogens is 309 g/mol. The van der Waals surface area contributed by atoms with Gasteiger partial charge in [-0.05, 0) is 24.3 Å². The van der Waals surface area contributed by atoms with Crippen molar-refractivity contribution in [2.75, 3.05) is 5.32 Å². The third-order valence-electron chi connectivity index (χ3n) is 2.52. The fraction of sp³-hybridized carbons (Fsp3) is 0. The molecule has 0 spiro atoms. The summed E-state index contributed by atoms with van der Waals surface area (Å²) >= 11 is 10.4. The van der Waals surface area contributed by atoms with E-state index < -0.39 is 17.5 Å². The molecule has 3 N–H and O–H groups in total. The topological polar surface area (TPSA) is 38.0 Å². The molecule has 104 valence electrons. The standard InChI is InChI=1S/C13H8ClF3N2S/c14-8-4-7(15)5-10(17)12(8)19-11-2-1-6(13(18)20)3-9(11)16/h1-5,19H,(H2,18,20). The summed E-state index contributed by atoms with van der Waals surface area (Å²) in [5.74, 6) is -2.43. The molecule has 0 unspecified atom stereocenters. The van der Waals surface area contributed by atoms with Crippen LogP contribution in [0.2, 0.25) is 5.02 Å². The number of anilines is 2. The zero-order valence-electron chi connectivity index (χ0n) is 9.88. The van der Waals surface area contributed by atoms with Crippen LogP contribution in [0.3, 0.4) is 0 Å². The minimum absolute atomic E-state index is 0.0302. The van der Waals surface area contributed by atoms with Crippen LogP contribution in [0.1, 0.15) is 5.56 Å². The number of nitrogens with one attached hydrogen (secondary N) is 1.